The van der Waals surface area contributed by atoms with Crippen molar-refractivity contribution < 1.29 is 15.0 Å². The summed E-state index contributed by atoms with van der Waals surface area (Å²) in [5.41, 5.74) is 5.05. The molecule has 1 amide bonds. The molecule has 3 N–H and O–H groups in total. The number of rotatable bonds is 4. The molecule has 144 valence electrons. The fourth-order valence-electron chi connectivity index (χ4n) is 3.97. The van der Waals surface area contributed by atoms with Crippen LogP contribution in [0.25, 0.3) is 11.3 Å². The van der Waals surface area contributed by atoms with E-state index in [1.807, 2.05) is 44.2 Å². The topological polar surface area (TPSA) is 89.5 Å². The smallest absolute Gasteiger partial charge is 0.273 e. The van der Waals surface area contributed by atoms with Crippen LogP contribution in [-0.2, 0) is 0 Å². The number of aromatic hydroxyl groups is 1. The van der Waals surface area contributed by atoms with E-state index in [0.29, 0.717) is 17.0 Å². The van der Waals surface area contributed by atoms with Crippen molar-refractivity contribution in [3.63, 3.8) is 0 Å². The van der Waals surface area contributed by atoms with Crippen molar-refractivity contribution in [2.75, 3.05) is 13.2 Å². The number of aromatic nitrogens is 2. The van der Waals surface area contributed by atoms with Gasteiger partial charge in [-0.25, -0.2) is 0 Å². The average molecular weight is 442 g/mol. The zero-order valence-electron chi connectivity index (χ0n) is 15.5. The van der Waals surface area contributed by atoms with Crippen molar-refractivity contribution >= 4 is 21.8 Å². The van der Waals surface area contributed by atoms with Gasteiger partial charge < -0.3 is 15.1 Å². The monoisotopic (exact) mass is 441 g/mol. The lowest BCUT2D eigenvalue weighted by molar-refractivity contribution is 0.0706. The highest BCUT2D eigenvalue weighted by Crippen LogP contribution is 2.45. The molecule has 6 nitrogen and oxygen atoms in total. The fraction of sp³-hybridized carbons (Fsp3) is 0.238. The molecular formula is C21H20BrN3O3. The molecule has 0 bridgehead atoms. The van der Waals surface area contributed by atoms with Gasteiger partial charge in [-0.15, -0.1) is 0 Å². The molecule has 28 heavy (non-hydrogen) atoms. The average Bonchev–Trinajstić information content (AvgIpc) is 3.16. The summed E-state index contributed by atoms with van der Waals surface area (Å²) in [5, 5.41) is 27.4. The lowest BCUT2D eigenvalue weighted by Crippen LogP contribution is -2.32. The zero-order chi connectivity index (χ0) is 20.0. The van der Waals surface area contributed by atoms with Crippen molar-refractivity contribution in [2.24, 2.45) is 0 Å². The Balaban J connectivity index is 1.94. The largest absolute Gasteiger partial charge is 0.507 e. The highest BCUT2D eigenvalue weighted by molar-refractivity contribution is 9.10. The summed E-state index contributed by atoms with van der Waals surface area (Å²) in [6, 6.07) is 11.0. The summed E-state index contributed by atoms with van der Waals surface area (Å²) < 4.78 is 0.939. The maximum atomic E-state index is 13.0. The highest BCUT2D eigenvalue weighted by atomic mass is 79.9. The molecule has 0 fully saturated rings. The van der Waals surface area contributed by atoms with Gasteiger partial charge in [0.15, 0.2) is 0 Å². The first-order valence-corrected chi connectivity index (χ1v) is 9.77. The third-order valence-electron chi connectivity index (χ3n) is 5.09. The third kappa shape index (κ3) is 2.91. The zero-order valence-corrected chi connectivity index (χ0v) is 17.1. The molecular weight excluding hydrogens is 422 g/mol. The molecule has 0 saturated heterocycles. The van der Waals surface area contributed by atoms with Crippen molar-refractivity contribution in [3.8, 4) is 17.0 Å². The van der Waals surface area contributed by atoms with Crippen LogP contribution in [0.2, 0.25) is 0 Å². The molecule has 7 heteroatoms. The summed E-state index contributed by atoms with van der Waals surface area (Å²) in [4.78, 5) is 14.6. The number of phenolic OH excluding ortho intramolecular Hbond substituents is 1. The van der Waals surface area contributed by atoms with Gasteiger partial charge in [0.2, 0.25) is 0 Å². The maximum absolute atomic E-state index is 13.0. The van der Waals surface area contributed by atoms with Gasteiger partial charge >= 0.3 is 0 Å². The Labute approximate surface area is 171 Å². The van der Waals surface area contributed by atoms with Gasteiger partial charge in [-0.3, -0.25) is 9.89 Å². The molecule has 1 atom stereocenters. The summed E-state index contributed by atoms with van der Waals surface area (Å²) in [6.07, 6.45) is 0. The SMILES string of the molecule is Cc1cc(C)c(-c2n[nH]c3c2C(c2ccc(Br)cc2)N(CCO)C3=O)c(O)c1. The van der Waals surface area contributed by atoms with Gasteiger partial charge in [0, 0.05) is 22.1 Å². The second kappa shape index (κ2) is 7.07. The molecule has 0 saturated carbocycles. The molecule has 1 aliphatic rings. The number of H-pyrrole nitrogens is 1. The predicted molar refractivity (Wildman–Crippen MR) is 109 cm³/mol. The number of hydrogen-bond donors (Lipinski definition) is 3. The Morgan fingerprint density at radius 2 is 1.93 bits per heavy atom. The van der Waals surface area contributed by atoms with Crippen LogP contribution >= 0.6 is 15.9 Å². The summed E-state index contributed by atoms with van der Waals surface area (Å²) in [5.74, 6) is -0.0746. The predicted octanol–water partition coefficient (Wildman–Crippen LogP) is 3.70. The van der Waals surface area contributed by atoms with Crippen LogP contribution in [0.5, 0.6) is 5.75 Å². The van der Waals surface area contributed by atoms with Gasteiger partial charge in [-0.1, -0.05) is 34.1 Å². The minimum Gasteiger partial charge on any atom is -0.507 e. The summed E-state index contributed by atoms with van der Waals surface area (Å²) in [7, 11) is 0. The number of benzene rings is 2. The van der Waals surface area contributed by atoms with Crippen molar-refractivity contribution in [2.45, 2.75) is 19.9 Å². The van der Waals surface area contributed by atoms with Gasteiger partial charge in [0.1, 0.15) is 17.1 Å². The molecule has 1 aromatic heterocycles. The first-order valence-electron chi connectivity index (χ1n) is 8.98. The van der Waals surface area contributed by atoms with Crippen LogP contribution < -0.4 is 0 Å². The fourth-order valence-corrected chi connectivity index (χ4v) is 4.23. The number of halogens is 1. The van der Waals surface area contributed by atoms with Crippen molar-refractivity contribution in [1.29, 1.82) is 0 Å². The molecule has 0 aliphatic carbocycles. The lowest BCUT2D eigenvalue weighted by atomic mass is 9.93. The minimum atomic E-state index is -0.392. The number of aliphatic hydroxyl groups is 1. The van der Waals surface area contributed by atoms with E-state index in [1.165, 1.54) is 0 Å². The van der Waals surface area contributed by atoms with E-state index in [2.05, 4.69) is 26.1 Å². The van der Waals surface area contributed by atoms with Gasteiger partial charge in [-0.2, -0.15) is 5.10 Å². The van der Waals surface area contributed by atoms with Crippen LogP contribution in [0.1, 0.15) is 38.8 Å². The Bertz CT molecular complexity index is 1040. The molecule has 2 heterocycles. The van der Waals surface area contributed by atoms with Crippen LogP contribution in [-0.4, -0.2) is 44.4 Å². The number of nitrogens with zero attached hydrogens (tertiary/aromatic N) is 2. The highest BCUT2D eigenvalue weighted by Gasteiger charge is 2.42. The quantitative estimate of drug-likeness (QED) is 0.575. The molecule has 3 aromatic rings. The van der Waals surface area contributed by atoms with E-state index >= 15 is 0 Å². The van der Waals surface area contributed by atoms with Gasteiger partial charge in [0.25, 0.3) is 5.91 Å². The number of aryl methyl sites for hydroxylation is 2. The lowest BCUT2D eigenvalue weighted by Gasteiger charge is -2.26. The van der Waals surface area contributed by atoms with Crippen molar-refractivity contribution in [3.05, 3.63) is 68.8 Å². The Morgan fingerprint density at radius 3 is 2.57 bits per heavy atom. The first kappa shape index (κ1) is 18.7. The molecule has 1 unspecified atom stereocenters. The number of hydrogen-bond acceptors (Lipinski definition) is 4. The van der Waals surface area contributed by atoms with Crippen molar-refractivity contribution in [1.82, 2.24) is 15.1 Å². The standard InChI is InChI=1S/C21H20BrN3O3/c1-11-9-12(2)16(15(27)10-11)18-17-19(24-23-18)21(28)25(7-8-26)20(17)13-3-5-14(22)6-4-13/h3-6,9-10,20,26-27H,7-8H2,1-2H3,(H,23,24). The molecule has 0 spiro atoms. The van der Waals surface area contributed by atoms with E-state index in [1.54, 1.807) is 11.0 Å². The maximum Gasteiger partial charge on any atom is 0.273 e. The van der Waals surface area contributed by atoms with Gasteiger partial charge in [0.05, 0.1) is 12.6 Å². The molecule has 1 aliphatic heterocycles. The normalized spacial score (nSPS) is 15.9. The second-order valence-electron chi connectivity index (χ2n) is 7.01. The number of amides is 1. The number of nitrogens with one attached hydrogen (secondary N) is 1. The number of aromatic amines is 1. The van der Waals surface area contributed by atoms with E-state index in [0.717, 1.165) is 26.7 Å². The number of β-amino-alcohol motifs (C(OH)–C–C–N with tert-alkyl or cyclic N) is 1. The van der Waals surface area contributed by atoms with Crippen LogP contribution in [0.4, 0.5) is 0 Å². The van der Waals surface area contributed by atoms with E-state index < -0.39 is 6.04 Å². The van der Waals surface area contributed by atoms with Crippen LogP contribution in [0, 0.1) is 13.8 Å². The van der Waals surface area contributed by atoms with Crippen LogP contribution in [0.15, 0.2) is 40.9 Å². The third-order valence-corrected chi connectivity index (χ3v) is 5.61. The molecule has 2 aromatic carbocycles. The number of carbonyl (C=O) groups excluding carboxylic acids is 1. The Hall–Kier alpha value is -2.64. The second-order valence-corrected chi connectivity index (χ2v) is 7.93. The number of aliphatic hydroxyl groups excluding tert-OH is 1. The molecule has 0 radical (unpaired) electrons. The van der Waals surface area contributed by atoms with Crippen LogP contribution in [0.3, 0.4) is 0 Å². The summed E-state index contributed by atoms with van der Waals surface area (Å²) >= 11 is 3.44. The Morgan fingerprint density at radius 1 is 1.21 bits per heavy atom. The summed E-state index contributed by atoms with van der Waals surface area (Å²) in [6.45, 7) is 3.91. The first-order chi connectivity index (χ1) is 13.4. The van der Waals surface area contributed by atoms with Gasteiger partial charge in [-0.05, 0) is 48.7 Å². The number of phenols is 1. The number of fused-ring (bicyclic) bond motifs is 1. The van der Waals surface area contributed by atoms with E-state index in [4.69, 9.17) is 0 Å². The Kier molecular flexibility index (Phi) is 4.72. The van der Waals surface area contributed by atoms with E-state index in [9.17, 15) is 15.0 Å². The van der Waals surface area contributed by atoms with E-state index in [-0.39, 0.29) is 24.8 Å². The molecule has 4 rings (SSSR count). The number of carbonyl (C=O) groups is 1. The minimum absolute atomic E-state index is 0.134.